The van der Waals surface area contributed by atoms with Crippen LogP contribution in [0.3, 0.4) is 0 Å². The van der Waals surface area contributed by atoms with E-state index in [4.69, 9.17) is 4.74 Å². The van der Waals surface area contributed by atoms with E-state index in [0.717, 1.165) is 27.6 Å². The molecule has 4 aromatic rings. The van der Waals surface area contributed by atoms with Gasteiger partial charge in [-0.3, -0.25) is 14.5 Å². The molecule has 0 bridgehead atoms. The number of ether oxygens (including phenoxy) is 1. The SMILES string of the molecule is CC(C)(C)N1C[C@@H](Oc2cccc3ccccc23)CC1C(=O)NC[C@@H](O)C[C@H](Cc1ccccc1)C(=O)N[C@@H]1CS(=O)(=O)Cc2ccccc21. The molecule has 264 valence electrons. The van der Waals surface area contributed by atoms with E-state index >= 15 is 0 Å². The van der Waals surface area contributed by atoms with Gasteiger partial charge in [0.1, 0.15) is 11.9 Å². The molecule has 1 saturated heterocycles. The second-order valence-corrected chi connectivity index (χ2v) is 16.7. The molecule has 6 rings (SSSR count). The molecule has 0 aliphatic carbocycles. The van der Waals surface area contributed by atoms with Crippen molar-refractivity contribution in [3.63, 3.8) is 0 Å². The lowest BCUT2D eigenvalue weighted by molar-refractivity contribution is -0.127. The molecule has 1 unspecified atom stereocenters. The van der Waals surface area contributed by atoms with Crippen LogP contribution in [0.4, 0.5) is 0 Å². The summed E-state index contributed by atoms with van der Waals surface area (Å²) in [5.41, 5.74) is 2.10. The van der Waals surface area contributed by atoms with Crippen LogP contribution in [0.15, 0.2) is 97.1 Å². The number of nitrogens with one attached hydrogen (secondary N) is 2. The summed E-state index contributed by atoms with van der Waals surface area (Å²) in [6.07, 6.45) is -0.274. The monoisotopic (exact) mass is 697 g/mol. The van der Waals surface area contributed by atoms with Gasteiger partial charge >= 0.3 is 0 Å². The maximum Gasteiger partial charge on any atom is 0.237 e. The minimum Gasteiger partial charge on any atom is -0.488 e. The number of carbonyl (C=O) groups excluding carboxylic acids is 2. The van der Waals surface area contributed by atoms with Crippen LogP contribution in [0, 0.1) is 5.92 Å². The Morgan fingerprint density at radius 3 is 2.42 bits per heavy atom. The molecule has 2 aliphatic rings. The lowest BCUT2D eigenvalue weighted by Crippen LogP contribution is -2.52. The summed E-state index contributed by atoms with van der Waals surface area (Å²) in [6.45, 7) is 6.77. The van der Waals surface area contributed by atoms with E-state index in [9.17, 15) is 23.1 Å². The smallest absolute Gasteiger partial charge is 0.237 e. The van der Waals surface area contributed by atoms with Gasteiger partial charge in [-0.1, -0.05) is 91.0 Å². The van der Waals surface area contributed by atoms with Crippen molar-refractivity contribution in [1.82, 2.24) is 15.5 Å². The van der Waals surface area contributed by atoms with Crippen LogP contribution in [0.25, 0.3) is 10.8 Å². The summed E-state index contributed by atoms with van der Waals surface area (Å²) in [7, 11) is -3.40. The van der Waals surface area contributed by atoms with Crippen molar-refractivity contribution in [2.45, 2.75) is 75.6 Å². The van der Waals surface area contributed by atoms with Crippen LogP contribution in [0.1, 0.15) is 56.3 Å². The van der Waals surface area contributed by atoms with Crippen molar-refractivity contribution >= 4 is 32.4 Å². The minimum absolute atomic E-state index is 0.0264. The standard InChI is InChI=1S/C40H47N3O6S/c1-40(2,3)43-24-32(49-37-19-11-16-28-14-7-10-18-34(28)37)22-36(43)39(46)41-23-31(44)21-30(20-27-12-5-4-6-13-27)38(45)42-35-26-50(47,48)25-29-15-8-9-17-33(29)35/h4-19,30-32,35-36,44H,20-26H2,1-3H3,(H,41,46)(H,42,45)/t30-,31-,32-,35+,36?/m0/s1. The number of hydrogen-bond donors (Lipinski definition) is 3. The Hall–Kier alpha value is -4.25. The summed E-state index contributed by atoms with van der Waals surface area (Å²) in [4.78, 5) is 29.7. The number of amides is 2. The highest BCUT2D eigenvalue weighted by molar-refractivity contribution is 7.90. The number of hydrogen-bond acceptors (Lipinski definition) is 7. The van der Waals surface area contributed by atoms with E-state index in [1.807, 2.05) is 84.9 Å². The van der Waals surface area contributed by atoms with Gasteiger partial charge in [0.15, 0.2) is 9.84 Å². The second-order valence-electron chi connectivity index (χ2n) is 14.6. The molecule has 9 nitrogen and oxygen atoms in total. The number of benzene rings is 4. The summed E-state index contributed by atoms with van der Waals surface area (Å²) in [5.74, 6) is -0.628. The summed E-state index contributed by atoms with van der Waals surface area (Å²) >= 11 is 0. The average Bonchev–Trinajstić information content (AvgIpc) is 3.52. The number of carbonyl (C=O) groups is 2. The number of sulfone groups is 1. The molecule has 0 radical (unpaired) electrons. The molecule has 2 amide bonds. The van der Waals surface area contributed by atoms with Gasteiger partial charge in [-0.25, -0.2) is 8.42 Å². The van der Waals surface area contributed by atoms with Crippen molar-refractivity contribution in [2.24, 2.45) is 5.92 Å². The third-order valence-electron chi connectivity index (χ3n) is 9.78. The summed E-state index contributed by atoms with van der Waals surface area (Å²) in [6, 6.07) is 29.7. The lowest BCUT2D eigenvalue weighted by Gasteiger charge is -2.36. The van der Waals surface area contributed by atoms with E-state index in [0.29, 0.717) is 24.9 Å². The van der Waals surface area contributed by atoms with Gasteiger partial charge in [0, 0.05) is 36.4 Å². The van der Waals surface area contributed by atoms with Crippen LogP contribution >= 0.6 is 0 Å². The first-order valence-electron chi connectivity index (χ1n) is 17.4. The van der Waals surface area contributed by atoms with E-state index in [1.54, 1.807) is 12.1 Å². The molecule has 3 N–H and O–H groups in total. The number of fused-ring (bicyclic) bond motifs is 2. The third-order valence-corrected chi connectivity index (χ3v) is 11.4. The van der Waals surface area contributed by atoms with Crippen molar-refractivity contribution < 1.29 is 27.9 Å². The predicted octanol–water partition coefficient (Wildman–Crippen LogP) is 4.97. The highest BCUT2D eigenvalue weighted by Gasteiger charge is 2.43. The summed E-state index contributed by atoms with van der Waals surface area (Å²) < 4.78 is 31.9. The van der Waals surface area contributed by atoms with Gasteiger partial charge in [0.05, 0.1) is 29.7 Å². The fourth-order valence-electron chi connectivity index (χ4n) is 7.33. The molecule has 0 saturated carbocycles. The maximum absolute atomic E-state index is 13.8. The van der Waals surface area contributed by atoms with E-state index in [-0.39, 0.29) is 47.9 Å². The molecule has 4 aromatic carbocycles. The quantitative estimate of drug-likeness (QED) is 0.202. The van der Waals surface area contributed by atoms with Crippen LogP contribution in [-0.2, 0) is 31.6 Å². The molecular weight excluding hydrogens is 651 g/mol. The van der Waals surface area contributed by atoms with E-state index in [2.05, 4.69) is 36.3 Å². The molecule has 50 heavy (non-hydrogen) atoms. The van der Waals surface area contributed by atoms with Crippen molar-refractivity contribution in [3.8, 4) is 5.75 Å². The molecule has 2 aliphatic heterocycles. The first kappa shape index (κ1) is 35.6. The fraction of sp³-hybridized carbons (Fsp3) is 0.400. The second kappa shape index (κ2) is 14.9. The Morgan fingerprint density at radius 2 is 1.64 bits per heavy atom. The zero-order valence-corrected chi connectivity index (χ0v) is 29.7. The molecule has 10 heteroatoms. The van der Waals surface area contributed by atoms with Gasteiger partial charge in [0.2, 0.25) is 11.8 Å². The van der Waals surface area contributed by atoms with Gasteiger partial charge in [-0.15, -0.1) is 0 Å². The number of aliphatic hydroxyl groups is 1. The predicted molar refractivity (Wildman–Crippen MR) is 195 cm³/mol. The number of aliphatic hydroxyl groups excluding tert-OH is 1. The topological polar surface area (TPSA) is 125 Å². The largest absolute Gasteiger partial charge is 0.488 e. The van der Waals surface area contributed by atoms with Gasteiger partial charge < -0.3 is 20.5 Å². The highest BCUT2D eigenvalue weighted by Crippen LogP contribution is 2.33. The van der Waals surface area contributed by atoms with E-state index in [1.165, 1.54) is 0 Å². The zero-order valence-electron chi connectivity index (χ0n) is 28.9. The molecule has 0 aromatic heterocycles. The molecular formula is C40H47N3O6S. The third kappa shape index (κ3) is 8.54. The Labute approximate surface area is 295 Å². The highest BCUT2D eigenvalue weighted by atomic mass is 32.2. The van der Waals surface area contributed by atoms with Crippen LogP contribution in [-0.4, -0.2) is 72.9 Å². The van der Waals surface area contributed by atoms with Crippen LogP contribution < -0.4 is 15.4 Å². The molecule has 5 atom stereocenters. The van der Waals surface area contributed by atoms with Crippen molar-refractivity contribution in [2.75, 3.05) is 18.8 Å². The molecule has 1 fully saturated rings. The number of nitrogens with zero attached hydrogens (tertiary/aromatic N) is 1. The van der Waals surface area contributed by atoms with Gasteiger partial charge in [0.25, 0.3) is 0 Å². The Balaban J connectivity index is 1.12. The average molecular weight is 698 g/mol. The first-order valence-corrected chi connectivity index (χ1v) is 19.2. The van der Waals surface area contributed by atoms with Gasteiger partial charge in [-0.05, 0) is 61.8 Å². The number of rotatable bonds is 11. The van der Waals surface area contributed by atoms with Crippen LogP contribution in [0.2, 0.25) is 0 Å². The van der Waals surface area contributed by atoms with Crippen molar-refractivity contribution in [3.05, 3.63) is 114 Å². The van der Waals surface area contributed by atoms with E-state index < -0.39 is 33.9 Å². The molecule has 2 heterocycles. The normalized spacial score (nSPS) is 21.6. The minimum atomic E-state index is -3.40. The Morgan fingerprint density at radius 1 is 0.940 bits per heavy atom. The zero-order chi connectivity index (χ0) is 35.5. The lowest BCUT2D eigenvalue weighted by atomic mass is 9.91. The fourth-order valence-corrected chi connectivity index (χ4v) is 8.96. The van der Waals surface area contributed by atoms with Gasteiger partial charge in [-0.2, -0.15) is 0 Å². The first-order chi connectivity index (χ1) is 23.9. The summed E-state index contributed by atoms with van der Waals surface area (Å²) in [5, 5.41) is 19.3. The van der Waals surface area contributed by atoms with Crippen LogP contribution in [0.5, 0.6) is 5.75 Å². The Bertz CT molecular complexity index is 1920. The Kier molecular flexibility index (Phi) is 10.6. The molecule has 0 spiro atoms. The van der Waals surface area contributed by atoms with Crippen molar-refractivity contribution in [1.29, 1.82) is 0 Å². The number of likely N-dealkylation sites (tertiary alicyclic amines) is 1. The maximum atomic E-state index is 13.8.